The van der Waals surface area contributed by atoms with Gasteiger partial charge in [-0.2, -0.15) is 0 Å². The second-order valence-electron chi connectivity index (χ2n) is 6.19. The molecule has 6 heteroatoms. The van der Waals surface area contributed by atoms with Crippen LogP contribution in [0.3, 0.4) is 0 Å². The Morgan fingerprint density at radius 2 is 2.16 bits per heavy atom. The predicted molar refractivity (Wildman–Crippen MR) is 78.1 cm³/mol. The topological polar surface area (TPSA) is 61.8 Å². The fraction of sp³-hybridized carbons (Fsp3) is 0.923. The SMILES string of the molecule is CC(C)(C)OC(=O)NCCC(O)N1CCSC1(C)C. The van der Waals surface area contributed by atoms with Crippen LogP contribution < -0.4 is 5.32 Å². The highest BCUT2D eigenvalue weighted by atomic mass is 32.2. The number of aliphatic hydroxyl groups excluding tert-OH is 1. The van der Waals surface area contributed by atoms with Gasteiger partial charge in [0.05, 0.1) is 4.87 Å². The smallest absolute Gasteiger partial charge is 0.407 e. The zero-order chi connectivity index (χ0) is 14.7. The van der Waals surface area contributed by atoms with Crippen LogP contribution in [0.4, 0.5) is 4.79 Å². The summed E-state index contributed by atoms with van der Waals surface area (Å²) in [5.41, 5.74) is -0.490. The molecule has 1 fully saturated rings. The van der Waals surface area contributed by atoms with Crippen LogP contribution in [-0.4, -0.2) is 51.6 Å². The van der Waals surface area contributed by atoms with Gasteiger partial charge in [0.2, 0.25) is 0 Å². The number of aliphatic hydroxyl groups is 1. The van der Waals surface area contributed by atoms with Crippen LogP contribution in [0.2, 0.25) is 0 Å². The Bertz CT molecular complexity index is 316. The van der Waals surface area contributed by atoms with Crippen molar-refractivity contribution in [2.24, 2.45) is 0 Å². The number of nitrogens with zero attached hydrogens (tertiary/aromatic N) is 1. The van der Waals surface area contributed by atoms with Crippen molar-refractivity contribution in [2.75, 3.05) is 18.8 Å². The number of ether oxygens (including phenoxy) is 1. The molecule has 0 spiro atoms. The molecular weight excluding hydrogens is 264 g/mol. The van der Waals surface area contributed by atoms with Crippen molar-refractivity contribution in [2.45, 2.75) is 57.7 Å². The molecule has 0 aromatic carbocycles. The molecule has 1 atom stereocenters. The second-order valence-corrected chi connectivity index (χ2v) is 7.88. The van der Waals surface area contributed by atoms with Gasteiger partial charge in [0.1, 0.15) is 11.8 Å². The fourth-order valence-corrected chi connectivity index (χ4v) is 3.19. The molecule has 1 aliphatic rings. The third-order valence-electron chi connectivity index (χ3n) is 2.91. The van der Waals surface area contributed by atoms with E-state index in [0.29, 0.717) is 13.0 Å². The molecule has 19 heavy (non-hydrogen) atoms. The Balaban J connectivity index is 2.28. The van der Waals surface area contributed by atoms with E-state index in [1.807, 2.05) is 32.5 Å². The quantitative estimate of drug-likeness (QED) is 0.829. The zero-order valence-electron chi connectivity index (χ0n) is 12.5. The lowest BCUT2D eigenvalue weighted by molar-refractivity contribution is -0.0216. The van der Waals surface area contributed by atoms with Gasteiger partial charge in [0, 0.05) is 25.3 Å². The number of hydrogen-bond acceptors (Lipinski definition) is 5. The van der Waals surface area contributed by atoms with E-state index < -0.39 is 17.9 Å². The summed E-state index contributed by atoms with van der Waals surface area (Å²) in [5.74, 6) is 1.03. The minimum atomic E-state index is -0.528. The van der Waals surface area contributed by atoms with E-state index in [9.17, 15) is 9.90 Å². The summed E-state index contributed by atoms with van der Waals surface area (Å²) in [4.78, 5) is 13.5. The summed E-state index contributed by atoms with van der Waals surface area (Å²) in [6.07, 6.45) is -0.460. The van der Waals surface area contributed by atoms with E-state index >= 15 is 0 Å². The Hall–Kier alpha value is -0.460. The number of alkyl carbamates (subject to hydrolysis) is 1. The maximum Gasteiger partial charge on any atom is 0.407 e. The Labute approximate surface area is 120 Å². The summed E-state index contributed by atoms with van der Waals surface area (Å²) in [7, 11) is 0. The molecule has 1 aliphatic heterocycles. The van der Waals surface area contributed by atoms with E-state index in [-0.39, 0.29) is 4.87 Å². The molecule has 1 saturated heterocycles. The minimum Gasteiger partial charge on any atom is -0.444 e. The fourth-order valence-electron chi connectivity index (χ4n) is 2.03. The number of carbonyl (C=O) groups excluding carboxylic acids is 1. The Kier molecular flexibility index (Phi) is 5.53. The molecule has 1 amide bonds. The van der Waals surface area contributed by atoms with Gasteiger partial charge < -0.3 is 15.2 Å². The molecule has 1 heterocycles. The largest absolute Gasteiger partial charge is 0.444 e. The number of thioether (sulfide) groups is 1. The zero-order valence-corrected chi connectivity index (χ0v) is 13.3. The molecule has 0 saturated carbocycles. The van der Waals surface area contributed by atoms with E-state index in [1.165, 1.54) is 0 Å². The van der Waals surface area contributed by atoms with Gasteiger partial charge in [0.25, 0.3) is 0 Å². The van der Waals surface area contributed by atoms with Crippen molar-refractivity contribution in [3.63, 3.8) is 0 Å². The average molecular weight is 290 g/mol. The van der Waals surface area contributed by atoms with Crippen LogP contribution >= 0.6 is 11.8 Å². The number of amides is 1. The third-order valence-corrected chi connectivity index (χ3v) is 4.24. The van der Waals surface area contributed by atoms with E-state index in [2.05, 4.69) is 24.1 Å². The molecule has 0 aliphatic carbocycles. The maximum atomic E-state index is 11.5. The standard InChI is InChI=1S/C13H26N2O3S/c1-12(2,3)18-11(17)14-7-6-10(16)15-8-9-19-13(15,4)5/h10,16H,6-9H2,1-5H3,(H,14,17). The second kappa shape index (κ2) is 6.33. The van der Waals surface area contributed by atoms with Crippen molar-refractivity contribution in [1.29, 1.82) is 0 Å². The lowest BCUT2D eigenvalue weighted by atomic mass is 10.2. The molecule has 5 nitrogen and oxygen atoms in total. The van der Waals surface area contributed by atoms with E-state index in [0.717, 1.165) is 12.3 Å². The van der Waals surface area contributed by atoms with E-state index in [1.54, 1.807) is 0 Å². The first kappa shape index (κ1) is 16.6. The van der Waals surface area contributed by atoms with Crippen molar-refractivity contribution in [3.8, 4) is 0 Å². The molecule has 0 aromatic rings. The summed E-state index contributed by atoms with van der Waals surface area (Å²) >= 11 is 1.84. The normalized spacial score (nSPS) is 21.2. The molecule has 112 valence electrons. The highest BCUT2D eigenvalue weighted by Gasteiger charge is 2.36. The summed E-state index contributed by atoms with van der Waals surface area (Å²) < 4.78 is 5.14. The van der Waals surface area contributed by atoms with Gasteiger partial charge in [-0.25, -0.2) is 4.79 Å². The Morgan fingerprint density at radius 3 is 2.63 bits per heavy atom. The van der Waals surface area contributed by atoms with Gasteiger partial charge >= 0.3 is 6.09 Å². The van der Waals surface area contributed by atoms with Crippen LogP contribution in [0.5, 0.6) is 0 Å². The minimum absolute atomic E-state index is 0.0364. The van der Waals surface area contributed by atoms with Crippen LogP contribution in [0, 0.1) is 0 Å². The number of nitrogens with one attached hydrogen (secondary N) is 1. The maximum absolute atomic E-state index is 11.5. The first-order chi connectivity index (χ1) is 8.62. The van der Waals surface area contributed by atoms with Gasteiger partial charge in [-0.05, 0) is 34.6 Å². The van der Waals surface area contributed by atoms with Crippen LogP contribution in [0.1, 0.15) is 41.0 Å². The van der Waals surface area contributed by atoms with Crippen molar-refractivity contribution < 1.29 is 14.6 Å². The summed E-state index contributed by atoms with van der Waals surface area (Å²) in [5, 5.41) is 12.8. The van der Waals surface area contributed by atoms with E-state index in [4.69, 9.17) is 4.74 Å². The lowest BCUT2D eigenvalue weighted by Crippen LogP contribution is -2.45. The van der Waals surface area contributed by atoms with Crippen molar-refractivity contribution in [1.82, 2.24) is 10.2 Å². The highest BCUT2D eigenvalue weighted by molar-refractivity contribution is 8.00. The van der Waals surface area contributed by atoms with Crippen LogP contribution in [0.15, 0.2) is 0 Å². The van der Waals surface area contributed by atoms with Crippen LogP contribution in [0.25, 0.3) is 0 Å². The molecule has 0 radical (unpaired) electrons. The van der Waals surface area contributed by atoms with Gasteiger partial charge in [-0.15, -0.1) is 11.8 Å². The summed E-state index contributed by atoms with van der Waals surface area (Å²) in [6.45, 7) is 11.0. The molecule has 1 unspecified atom stereocenters. The number of hydrogen-bond donors (Lipinski definition) is 2. The number of carbonyl (C=O) groups is 1. The van der Waals surface area contributed by atoms with Gasteiger partial charge in [0.15, 0.2) is 0 Å². The van der Waals surface area contributed by atoms with Gasteiger partial charge in [-0.1, -0.05) is 0 Å². The average Bonchev–Trinajstić information content (AvgIpc) is 2.55. The molecule has 1 rings (SSSR count). The molecule has 0 aromatic heterocycles. The monoisotopic (exact) mass is 290 g/mol. The van der Waals surface area contributed by atoms with Crippen molar-refractivity contribution >= 4 is 17.9 Å². The Morgan fingerprint density at radius 1 is 1.53 bits per heavy atom. The molecule has 2 N–H and O–H groups in total. The molecule has 0 bridgehead atoms. The van der Waals surface area contributed by atoms with Crippen LogP contribution in [-0.2, 0) is 4.74 Å². The molecular formula is C13H26N2O3S. The lowest BCUT2D eigenvalue weighted by Gasteiger charge is -2.34. The predicted octanol–water partition coefficient (Wildman–Crippen LogP) is 2.00. The first-order valence-corrected chi connectivity index (χ1v) is 7.66. The highest BCUT2D eigenvalue weighted by Crippen LogP contribution is 2.36. The van der Waals surface area contributed by atoms with Crippen molar-refractivity contribution in [3.05, 3.63) is 0 Å². The summed E-state index contributed by atoms with van der Waals surface area (Å²) in [6, 6.07) is 0. The number of rotatable bonds is 4. The first-order valence-electron chi connectivity index (χ1n) is 6.67. The third kappa shape index (κ3) is 5.58. The van der Waals surface area contributed by atoms with Gasteiger partial charge in [-0.3, -0.25) is 4.90 Å².